The summed E-state index contributed by atoms with van der Waals surface area (Å²) in [5, 5.41) is 5.06. The molecule has 0 saturated heterocycles. The Morgan fingerprint density at radius 3 is 2.65 bits per heavy atom. The first kappa shape index (κ1) is 12.3. The molecule has 0 fully saturated rings. The zero-order valence-electron chi connectivity index (χ0n) is 10.5. The van der Waals surface area contributed by atoms with Gasteiger partial charge in [-0.05, 0) is 50.2 Å². The molecule has 0 aliphatic rings. The fourth-order valence-electron chi connectivity index (χ4n) is 2.06. The van der Waals surface area contributed by atoms with Crippen LogP contribution < -0.4 is 5.32 Å². The smallest absolute Gasteiger partial charge is 0.0735 e. The second kappa shape index (κ2) is 5.03. The van der Waals surface area contributed by atoms with Gasteiger partial charge in [0.05, 0.1) is 5.52 Å². The molecule has 0 bridgehead atoms. The zero-order valence-corrected chi connectivity index (χ0v) is 11.2. The van der Waals surface area contributed by atoms with Gasteiger partial charge < -0.3 is 5.32 Å². The molecule has 1 N–H and O–H groups in total. The predicted octanol–water partition coefficient (Wildman–Crippen LogP) is 3.27. The standard InChI is InChI=1S/C14H17ClN2/c1-9-6-11-8-12(15)7-10(2)14(11)17-13(9)4-5-16-3/h6-8,16H,4-5H2,1-3H3. The molecule has 17 heavy (non-hydrogen) atoms. The molecule has 0 spiro atoms. The van der Waals surface area contributed by atoms with E-state index in [1.54, 1.807) is 0 Å². The van der Waals surface area contributed by atoms with E-state index in [1.807, 2.05) is 19.2 Å². The number of rotatable bonds is 3. The molecule has 1 heterocycles. The van der Waals surface area contributed by atoms with Crippen LogP contribution in [0.4, 0.5) is 0 Å². The number of likely N-dealkylation sites (N-methyl/N-ethyl adjacent to an activating group) is 1. The number of hydrogen-bond acceptors (Lipinski definition) is 2. The van der Waals surface area contributed by atoms with Gasteiger partial charge in [-0.3, -0.25) is 4.98 Å². The van der Waals surface area contributed by atoms with Crippen LogP contribution in [0.1, 0.15) is 16.8 Å². The Balaban J connectivity index is 2.55. The number of pyridine rings is 1. The van der Waals surface area contributed by atoms with Crippen molar-refractivity contribution in [2.75, 3.05) is 13.6 Å². The van der Waals surface area contributed by atoms with Crippen LogP contribution in [0.2, 0.25) is 5.02 Å². The van der Waals surface area contributed by atoms with Gasteiger partial charge in [0.25, 0.3) is 0 Å². The lowest BCUT2D eigenvalue weighted by Gasteiger charge is -2.09. The molecule has 90 valence electrons. The van der Waals surface area contributed by atoms with Crippen LogP contribution in [0.15, 0.2) is 18.2 Å². The summed E-state index contributed by atoms with van der Waals surface area (Å²) in [6, 6.07) is 6.12. The Morgan fingerprint density at radius 1 is 1.18 bits per heavy atom. The van der Waals surface area contributed by atoms with E-state index in [0.29, 0.717) is 0 Å². The number of hydrogen-bond donors (Lipinski definition) is 1. The third kappa shape index (κ3) is 2.59. The number of benzene rings is 1. The highest BCUT2D eigenvalue weighted by molar-refractivity contribution is 6.31. The topological polar surface area (TPSA) is 24.9 Å². The fraction of sp³-hybridized carbons (Fsp3) is 0.357. The normalized spacial score (nSPS) is 11.1. The monoisotopic (exact) mass is 248 g/mol. The summed E-state index contributed by atoms with van der Waals surface area (Å²) in [5.74, 6) is 0. The van der Waals surface area contributed by atoms with Crippen molar-refractivity contribution in [3.05, 3.63) is 40.0 Å². The number of nitrogens with one attached hydrogen (secondary N) is 1. The van der Waals surface area contributed by atoms with Crippen molar-refractivity contribution < 1.29 is 0 Å². The van der Waals surface area contributed by atoms with E-state index < -0.39 is 0 Å². The summed E-state index contributed by atoms with van der Waals surface area (Å²) in [4.78, 5) is 4.75. The molecule has 2 aromatic rings. The average Bonchev–Trinajstić information content (AvgIpc) is 2.26. The molecule has 1 aromatic heterocycles. The Kier molecular flexibility index (Phi) is 3.65. The zero-order chi connectivity index (χ0) is 12.4. The Bertz CT molecular complexity index is 549. The van der Waals surface area contributed by atoms with Gasteiger partial charge in [0, 0.05) is 29.1 Å². The largest absolute Gasteiger partial charge is 0.319 e. The fourth-order valence-corrected chi connectivity index (χ4v) is 2.34. The van der Waals surface area contributed by atoms with Crippen LogP contribution in [0.5, 0.6) is 0 Å². The highest BCUT2D eigenvalue weighted by Crippen LogP contribution is 2.24. The van der Waals surface area contributed by atoms with E-state index in [1.165, 1.54) is 5.56 Å². The van der Waals surface area contributed by atoms with Crippen LogP contribution in [0, 0.1) is 13.8 Å². The van der Waals surface area contributed by atoms with Gasteiger partial charge >= 0.3 is 0 Å². The predicted molar refractivity (Wildman–Crippen MR) is 73.9 cm³/mol. The summed E-state index contributed by atoms with van der Waals surface area (Å²) in [7, 11) is 1.96. The van der Waals surface area contributed by atoms with Crippen molar-refractivity contribution in [1.82, 2.24) is 10.3 Å². The third-order valence-corrected chi connectivity index (χ3v) is 3.20. The van der Waals surface area contributed by atoms with Crippen LogP contribution >= 0.6 is 11.6 Å². The minimum atomic E-state index is 0.777. The number of aryl methyl sites for hydroxylation is 2. The van der Waals surface area contributed by atoms with Crippen LogP contribution in [0.3, 0.4) is 0 Å². The van der Waals surface area contributed by atoms with Crippen molar-refractivity contribution in [2.24, 2.45) is 0 Å². The first-order valence-corrected chi connectivity index (χ1v) is 6.20. The maximum atomic E-state index is 6.06. The number of nitrogens with zero attached hydrogens (tertiary/aromatic N) is 1. The molecule has 0 aliphatic heterocycles. The van der Waals surface area contributed by atoms with Gasteiger partial charge in [-0.1, -0.05) is 11.6 Å². The molecule has 0 radical (unpaired) electrons. The van der Waals surface area contributed by atoms with E-state index in [0.717, 1.165) is 40.1 Å². The number of halogens is 1. The summed E-state index contributed by atoms with van der Waals surface area (Å²) in [6.07, 6.45) is 0.959. The molecule has 0 unspecified atom stereocenters. The van der Waals surface area contributed by atoms with Gasteiger partial charge in [-0.2, -0.15) is 0 Å². The maximum Gasteiger partial charge on any atom is 0.0735 e. The molecule has 0 atom stereocenters. The molecule has 2 nitrogen and oxygen atoms in total. The molecule has 2 rings (SSSR count). The Morgan fingerprint density at radius 2 is 1.94 bits per heavy atom. The SMILES string of the molecule is CNCCc1nc2c(C)cc(Cl)cc2cc1C. The Labute approximate surface area is 107 Å². The summed E-state index contributed by atoms with van der Waals surface area (Å²) in [6.45, 7) is 5.11. The number of fused-ring (bicyclic) bond motifs is 1. The second-order valence-corrected chi connectivity index (χ2v) is 4.84. The first-order valence-electron chi connectivity index (χ1n) is 5.83. The molecule has 0 saturated carbocycles. The third-order valence-electron chi connectivity index (χ3n) is 2.98. The molecule has 3 heteroatoms. The van der Waals surface area contributed by atoms with Crippen molar-refractivity contribution >= 4 is 22.5 Å². The summed E-state index contributed by atoms with van der Waals surface area (Å²) < 4.78 is 0. The van der Waals surface area contributed by atoms with Crippen molar-refractivity contribution in [3.63, 3.8) is 0 Å². The average molecular weight is 249 g/mol. The summed E-state index contributed by atoms with van der Waals surface area (Å²) in [5.41, 5.74) is 4.59. The minimum Gasteiger partial charge on any atom is -0.319 e. The van der Waals surface area contributed by atoms with E-state index in [-0.39, 0.29) is 0 Å². The lowest BCUT2D eigenvalue weighted by atomic mass is 10.1. The molecular weight excluding hydrogens is 232 g/mol. The summed E-state index contributed by atoms with van der Waals surface area (Å²) >= 11 is 6.06. The van der Waals surface area contributed by atoms with Gasteiger partial charge in [-0.25, -0.2) is 0 Å². The highest BCUT2D eigenvalue weighted by Gasteiger charge is 2.06. The molecule has 0 aliphatic carbocycles. The first-order chi connectivity index (χ1) is 8.11. The van der Waals surface area contributed by atoms with Crippen LogP contribution in [-0.2, 0) is 6.42 Å². The maximum absolute atomic E-state index is 6.06. The van der Waals surface area contributed by atoms with Crippen molar-refractivity contribution in [1.29, 1.82) is 0 Å². The quantitative estimate of drug-likeness (QED) is 0.902. The molecule has 1 aromatic carbocycles. The second-order valence-electron chi connectivity index (χ2n) is 4.40. The Hall–Kier alpha value is -1.12. The minimum absolute atomic E-state index is 0.777. The van der Waals surface area contributed by atoms with Crippen molar-refractivity contribution in [3.8, 4) is 0 Å². The van der Waals surface area contributed by atoms with Gasteiger partial charge in [0.15, 0.2) is 0 Å². The van der Waals surface area contributed by atoms with E-state index in [4.69, 9.17) is 16.6 Å². The highest BCUT2D eigenvalue weighted by atomic mass is 35.5. The lowest BCUT2D eigenvalue weighted by Crippen LogP contribution is -2.12. The van der Waals surface area contributed by atoms with E-state index in [2.05, 4.69) is 25.2 Å². The molecular formula is C14H17ClN2. The van der Waals surface area contributed by atoms with E-state index in [9.17, 15) is 0 Å². The van der Waals surface area contributed by atoms with Gasteiger partial charge in [0.2, 0.25) is 0 Å². The van der Waals surface area contributed by atoms with Gasteiger partial charge in [-0.15, -0.1) is 0 Å². The lowest BCUT2D eigenvalue weighted by molar-refractivity contribution is 0.775. The molecule has 0 amide bonds. The van der Waals surface area contributed by atoms with Crippen molar-refractivity contribution in [2.45, 2.75) is 20.3 Å². The van der Waals surface area contributed by atoms with Gasteiger partial charge in [0.1, 0.15) is 0 Å². The van der Waals surface area contributed by atoms with Crippen LogP contribution in [-0.4, -0.2) is 18.6 Å². The number of aromatic nitrogens is 1. The van der Waals surface area contributed by atoms with Crippen LogP contribution in [0.25, 0.3) is 10.9 Å². The van der Waals surface area contributed by atoms with E-state index >= 15 is 0 Å².